The fraction of sp³-hybridized carbons (Fsp3) is 0.500. The topological polar surface area (TPSA) is 44.4 Å². The van der Waals surface area contributed by atoms with Gasteiger partial charge < -0.3 is 15.5 Å². The Kier molecular flexibility index (Phi) is 4.66. The maximum Gasteiger partial charge on any atom is 0.225 e. The van der Waals surface area contributed by atoms with Crippen molar-refractivity contribution in [1.82, 2.24) is 5.32 Å². The molecule has 104 valence electrons. The Morgan fingerprint density at radius 2 is 2.16 bits per heavy atom. The lowest BCUT2D eigenvalue weighted by Crippen LogP contribution is -2.23. The Hall–Kier alpha value is -1.26. The van der Waals surface area contributed by atoms with Crippen LogP contribution < -0.4 is 15.5 Å². The second-order valence-corrected chi connectivity index (χ2v) is 5.49. The number of rotatable bonds is 6. The van der Waals surface area contributed by atoms with E-state index in [1.54, 1.807) is 6.07 Å². The number of carbonyl (C=O) groups excluding carboxylic acids is 1. The summed E-state index contributed by atoms with van der Waals surface area (Å²) in [5, 5.41) is 6.81. The summed E-state index contributed by atoms with van der Waals surface area (Å²) in [4.78, 5) is 13.7. The summed E-state index contributed by atoms with van der Waals surface area (Å²) < 4.78 is 0. The van der Waals surface area contributed by atoms with Crippen LogP contribution in [0.25, 0.3) is 0 Å². The van der Waals surface area contributed by atoms with E-state index in [9.17, 15) is 4.79 Å². The van der Waals surface area contributed by atoms with E-state index in [2.05, 4.69) is 10.6 Å². The van der Waals surface area contributed by atoms with Gasteiger partial charge in [-0.1, -0.05) is 11.6 Å². The highest BCUT2D eigenvalue weighted by molar-refractivity contribution is 6.33. The standard InChI is InChI=1S/C14H20ClN3O/c1-18(2)13-6-5-11(9-12(13)15)17-14(19)7-8-16-10-3-4-10/h5-6,9-10,16H,3-4,7-8H2,1-2H3,(H,17,19). The number of hydrogen-bond acceptors (Lipinski definition) is 3. The summed E-state index contributed by atoms with van der Waals surface area (Å²) >= 11 is 6.16. The minimum absolute atomic E-state index is 0.0156. The lowest BCUT2D eigenvalue weighted by atomic mass is 10.2. The quantitative estimate of drug-likeness (QED) is 0.842. The second-order valence-electron chi connectivity index (χ2n) is 5.09. The maximum atomic E-state index is 11.7. The summed E-state index contributed by atoms with van der Waals surface area (Å²) in [5.41, 5.74) is 1.68. The van der Waals surface area contributed by atoms with E-state index < -0.39 is 0 Å². The van der Waals surface area contributed by atoms with Gasteiger partial charge in [-0.05, 0) is 31.0 Å². The van der Waals surface area contributed by atoms with Crippen LogP contribution in [0.4, 0.5) is 11.4 Å². The van der Waals surface area contributed by atoms with Crippen LogP contribution in [0.3, 0.4) is 0 Å². The zero-order chi connectivity index (χ0) is 13.8. The van der Waals surface area contributed by atoms with Gasteiger partial charge in [0, 0.05) is 38.8 Å². The van der Waals surface area contributed by atoms with Crippen LogP contribution in [-0.2, 0) is 4.79 Å². The van der Waals surface area contributed by atoms with Gasteiger partial charge in [-0.15, -0.1) is 0 Å². The Balaban J connectivity index is 1.83. The predicted octanol–water partition coefficient (Wildman–Crippen LogP) is 2.49. The lowest BCUT2D eigenvalue weighted by Gasteiger charge is -2.15. The van der Waals surface area contributed by atoms with Crippen molar-refractivity contribution in [3.63, 3.8) is 0 Å². The average Bonchev–Trinajstić information content (AvgIpc) is 3.12. The predicted molar refractivity (Wildman–Crippen MR) is 80.1 cm³/mol. The van der Waals surface area contributed by atoms with Crippen LogP contribution in [0.15, 0.2) is 18.2 Å². The van der Waals surface area contributed by atoms with Crippen molar-refractivity contribution in [2.75, 3.05) is 30.9 Å². The molecule has 0 atom stereocenters. The number of nitrogens with zero attached hydrogens (tertiary/aromatic N) is 1. The molecule has 1 aliphatic rings. The minimum atomic E-state index is 0.0156. The van der Waals surface area contributed by atoms with Crippen LogP contribution in [0.1, 0.15) is 19.3 Å². The number of nitrogens with one attached hydrogen (secondary N) is 2. The van der Waals surface area contributed by atoms with Gasteiger partial charge in [-0.3, -0.25) is 4.79 Å². The monoisotopic (exact) mass is 281 g/mol. The van der Waals surface area contributed by atoms with Gasteiger partial charge in [0.1, 0.15) is 0 Å². The molecule has 0 radical (unpaired) electrons. The first-order valence-electron chi connectivity index (χ1n) is 6.56. The third-order valence-corrected chi connectivity index (χ3v) is 3.38. The molecule has 0 unspecified atom stereocenters. The molecule has 1 aliphatic carbocycles. The van der Waals surface area contributed by atoms with E-state index in [4.69, 9.17) is 11.6 Å². The van der Waals surface area contributed by atoms with Gasteiger partial charge in [0.25, 0.3) is 0 Å². The maximum absolute atomic E-state index is 11.7. The van der Waals surface area contributed by atoms with E-state index >= 15 is 0 Å². The number of carbonyl (C=O) groups is 1. The molecule has 1 fully saturated rings. The Morgan fingerprint density at radius 1 is 1.42 bits per heavy atom. The molecular weight excluding hydrogens is 262 g/mol. The zero-order valence-corrected chi connectivity index (χ0v) is 12.1. The molecule has 0 aromatic heterocycles. The van der Waals surface area contributed by atoms with Crippen molar-refractivity contribution in [1.29, 1.82) is 0 Å². The highest BCUT2D eigenvalue weighted by atomic mass is 35.5. The fourth-order valence-electron chi connectivity index (χ4n) is 1.85. The van der Waals surface area contributed by atoms with Gasteiger partial charge in [-0.2, -0.15) is 0 Å². The first-order chi connectivity index (χ1) is 9.06. The summed E-state index contributed by atoms with van der Waals surface area (Å²) in [6.07, 6.45) is 2.97. The van der Waals surface area contributed by atoms with Gasteiger partial charge in [0.2, 0.25) is 5.91 Å². The highest BCUT2D eigenvalue weighted by Gasteiger charge is 2.20. The van der Waals surface area contributed by atoms with Gasteiger partial charge in [0.05, 0.1) is 10.7 Å². The average molecular weight is 282 g/mol. The smallest absolute Gasteiger partial charge is 0.225 e. The Labute approximate surface area is 119 Å². The van der Waals surface area contributed by atoms with E-state index in [-0.39, 0.29) is 5.91 Å². The van der Waals surface area contributed by atoms with Crippen molar-refractivity contribution in [2.45, 2.75) is 25.3 Å². The van der Waals surface area contributed by atoms with Gasteiger partial charge in [-0.25, -0.2) is 0 Å². The third-order valence-electron chi connectivity index (χ3n) is 3.08. The molecule has 0 saturated heterocycles. The molecule has 0 aliphatic heterocycles. The molecule has 1 saturated carbocycles. The van der Waals surface area contributed by atoms with Crippen molar-refractivity contribution in [2.24, 2.45) is 0 Å². The highest BCUT2D eigenvalue weighted by Crippen LogP contribution is 2.27. The molecule has 1 aromatic rings. The summed E-state index contributed by atoms with van der Waals surface area (Å²) in [5.74, 6) is 0.0156. The van der Waals surface area contributed by atoms with E-state index in [1.165, 1.54) is 12.8 Å². The van der Waals surface area contributed by atoms with Crippen molar-refractivity contribution < 1.29 is 4.79 Å². The molecule has 4 nitrogen and oxygen atoms in total. The summed E-state index contributed by atoms with van der Waals surface area (Å²) in [6.45, 7) is 0.736. The van der Waals surface area contributed by atoms with Gasteiger partial charge in [0.15, 0.2) is 0 Å². The van der Waals surface area contributed by atoms with Crippen molar-refractivity contribution in [3.8, 4) is 0 Å². The van der Waals surface area contributed by atoms with E-state index in [1.807, 2.05) is 31.1 Å². The number of anilines is 2. The number of halogens is 1. The van der Waals surface area contributed by atoms with Crippen LogP contribution >= 0.6 is 11.6 Å². The Bertz CT molecular complexity index is 458. The molecule has 0 bridgehead atoms. The van der Waals surface area contributed by atoms with Crippen LogP contribution in [0.5, 0.6) is 0 Å². The van der Waals surface area contributed by atoms with Crippen LogP contribution in [-0.4, -0.2) is 32.6 Å². The number of amides is 1. The van der Waals surface area contributed by atoms with Gasteiger partial charge >= 0.3 is 0 Å². The lowest BCUT2D eigenvalue weighted by molar-refractivity contribution is -0.116. The molecule has 2 rings (SSSR count). The van der Waals surface area contributed by atoms with E-state index in [0.717, 1.165) is 17.9 Å². The molecular formula is C14H20ClN3O. The van der Waals surface area contributed by atoms with Crippen LogP contribution in [0, 0.1) is 0 Å². The molecule has 0 heterocycles. The molecule has 1 aromatic carbocycles. The Morgan fingerprint density at radius 3 is 2.74 bits per heavy atom. The minimum Gasteiger partial charge on any atom is -0.376 e. The molecule has 2 N–H and O–H groups in total. The van der Waals surface area contributed by atoms with E-state index in [0.29, 0.717) is 17.5 Å². The first kappa shape index (κ1) is 14.2. The first-order valence-corrected chi connectivity index (χ1v) is 6.94. The summed E-state index contributed by atoms with van der Waals surface area (Å²) in [6, 6.07) is 6.19. The second kappa shape index (κ2) is 6.26. The fourth-order valence-corrected chi connectivity index (χ4v) is 2.20. The van der Waals surface area contributed by atoms with Crippen molar-refractivity contribution in [3.05, 3.63) is 23.2 Å². The van der Waals surface area contributed by atoms with Crippen LogP contribution in [0.2, 0.25) is 5.02 Å². The largest absolute Gasteiger partial charge is 0.376 e. The number of benzene rings is 1. The molecule has 1 amide bonds. The normalized spacial score (nSPS) is 14.3. The molecule has 0 spiro atoms. The zero-order valence-electron chi connectivity index (χ0n) is 11.4. The number of hydrogen-bond donors (Lipinski definition) is 2. The SMILES string of the molecule is CN(C)c1ccc(NC(=O)CCNC2CC2)cc1Cl. The molecule has 19 heavy (non-hydrogen) atoms. The summed E-state index contributed by atoms with van der Waals surface area (Å²) in [7, 11) is 3.87. The third kappa shape index (κ3) is 4.40. The van der Waals surface area contributed by atoms with Crippen molar-refractivity contribution >= 4 is 28.9 Å². The molecule has 5 heteroatoms.